The van der Waals surface area contributed by atoms with E-state index in [0.29, 0.717) is 5.92 Å². The largest absolute Gasteiger partial charge is 0.496 e. The minimum atomic E-state index is -0.688. The van der Waals surface area contributed by atoms with Gasteiger partial charge in [-0.2, -0.15) is 0 Å². The average Bonchev–Trinajstić information content (AvgIpc) is 2.60. The molecule has 1 aliphatic carbocycles. The van der Waals surface area contributed by atoms with E-state index in [-0.39, 0.29) is 0 Å². The van der Waals surface area contributed by atoms with Gasteiger partial charge in [-0.3, -0.25) is 0 Å². The van der Waals surface area contributed by atoms with Gasteiger partial charge in [0, 0.05) is 5.56 Å². The van der Waals surface area contributed by atoms with Crippen LogP contribution in [0.2, 0.25) is 0 Å². The summed E-state index contributed by atoms with van der Waals surface area (Å²) in [4.78, 5) is 0. The van der Waals surface area contributed by atoms with Crippen molar-refractivity contribution in [1.82, 2.24) is 0 Å². The summed E-state index contributed by atoms with van der Waals surface area (Å²) in [5.41, 5.74) is 0.254. The molecule has 1 saturated carbocycles. The van der Waals surface area contributed by atoms with Crippen LogP contribution >= 0.6 is 0 Å². The minimum Gasteiger partial charge on any atom is -0.496 e. The molecule has 1 aromatic rings. The number of methoxy groups -OCH3 is 1. The molecular formula is C13H18O2. The highest BCUT2D eigenvalue weighted by atomic mass is 16.5. The molecule has 1 aromatic carbocycles. The fourth-order valence-electron chi connectivity index (χ4n) is 2.57. The van der Waals surface area contributed by atoms with Crippen molar-refractivity contribution in [3.8, 4) is 5.75 Å². The van der Waals surface area contributed by atoms with Crippen molar-refractivity contribution in [3.05, 3.63) is 29.8 Å². The summed E-state index contributed by atoms with van der Waals surface area (Å²) in [5.74, 6) is 1.11. The van der Waals surface area contributed by atoms with E-state index in [0.717, 1.165) is 30.6 Å². The molecule has 2 nitrogen and oxygen atoms in total. The Kier molecular flexibility index (Phi) is 2.70. The lowest BCUT2D eigenvalue weighted by atomic mass is 9.84. The van der Waals surface area contributed by atoms with Gasteiger partial charge < -0.3 is 9.84 Å². The third-order valence-electron chi connectivity index (χ3n) is 3.58. The zero-order chi connectivity index (χ0) is 10.9. The molecule has 2 heteroatoms. The van der Waals surface area contributed by atoms with Crippen LogP contribution in [0.15, 0.2) is 24.3 Å². The van der Waals surface area contributed by atoms with Gasteiger partial charge >= 0.3 is 0 Å². The summed E-state index contributed by atoms with van der Waals surface area (Å²) in [7, 11) is 1.65. The Morgan fingerprint density at radius 1 is 1.40 bits per heavy atom. The van der Waals surface area contributed by atoms with Crippen LogP contribution in [-0.4, -0.2) is 12.2 Å². The van der Waals surface area contributed by atoms with Crippen LogP contribution in [0.25, 0.3) is 0 Å². The molecule has 82 valence electrons. The van der Waals surface area contributed by atoms with Crippen LogP contribution in [0.3, 0.4) is 0 Å². The van der Waals surface area contributed by atoms with Crippen molar-refractivity contribution in [2.24, 2.45) is 5.92 Å². The number of hydrogen-bond donors (Lipinski definition) is 1. The quantitative estimate of drug-likeness (QED) is 0.806. The Balaban J connectivity index is 2.43. The molecule has 0 heterocycles. The number of hydrogen-bond acceptors (Lipinski definition) is 2. The maximum Gasteiger partial charge on any atom is 0.124 e. The fraction of sp³-hybridized carbons (Fsp3) is 0.538. The van der Waals surface area contributed by atoms with E-state index in [1.165, 1.54) is 0 Å². The third kappa shape index (κ3) is 1.63. The van der Waals surface area contributed by atoms with Crippen molar-refractivity contribution in [1.29, 1.82) is 0 Å². The zero-order valence-electron chi connectivity index (χ0n) is 9.36. The van der Waals surface area contributed by atoms with Crippen LogP contribution in [0.1, 0.15) is 31.7 Å². The fourth-order valence-corrected chi connectivity index (χ4v) is 2.57. The van der Waals surface area contributed by atoms with E-state index < -0.39 is 5.60 Å². The van der Waals surface area contributed by atoms with Crippen molar-refractivity contribution in [2.45, 2.75) is 31.8 Å². The first-order valence-electron chi connectivity index (χ1n) is 5.54. The smallest absolute Gasteiger partial charge is 0.124 e. The first-order chi connectivity index (χ1) is 7.18. The Morgan fingerprint density at radius 2 is 2.13 bits per heavy atom. The van der Waals surface area contributed by atoms with Gasteiger partial charge in [0.2, 0.25) is 0 Å². The predicted molar refractivity (Wildman–Crippen MR) is 59.9 cm³/mol. The SMILES string of the molecule is COc1ccccc1[C@@]1(O)CCC[C@H]1C. The standard InChI is InChI=1S/C13H18O2/c1-10-6-5-9-13(10,14)11-7-3-4-8-12(11)15-2/h3-4,7-8,10,14H,5-6,9H2,1-2H3/t10-,13-/m1/s1. The molecule has 1 fully saturated rings. The summed E-state index contributed by atoms with van der Waals surface area (Å²) in [6.07, 6.45) is 3.03. The second-order valence-electron chi connectivity index (χ2n) is 4.42. The molecule has 2 atom stereocenters. The molecule has 0 amide bonds. The van der Waals surface area contributed by atoms with Crippen molar-refractivity contribution in [3.63, 3.8) is 0 Å². The first kappa shape index (κ1) is 10.5. The van der Waals surface area contributed by atoms with Gasteiger partial charge in [-0.1, -0.05) is 25.1 Å². The Labute approximate surface area is 90.9 Å². The van der Waals surface area contributed by atoms with E-state index in [1.807, 2.05) is 24.3 Å². The predicted octanol–water partition coefficient (Wildman–Crippen LogP) is 2.70. The molecule has 0 unspecified atom stereocenters. The lowest BCUT2D eigenvalue weighted by Gasteiger charge is -2.29. The van der Waals surface area contributed by atoms with E-state index >= 15 is 0 Å². The zero-order valence-corrected chi connectivity index (χ0v) is 9.36. The number of benzene rings is 1. The lowest BCUT2D eigenvalue weighted by molar-refractivity contribution is 0.00242. The number of para-hydroxylation sites is 1. The second kappa shape index (κ2) is 3.86. The highest BCUT2D eigenvalue weighted by molar-refractivity contribution is 5.38. The van der Waals surface area contributed by atoms with Crippen LogP contribution in [-0.2, 0) is 5.60 Å². The normalized spacial score (nSPS) is 30.5. The molecule has 15 heavy (non-hydrogen) atoms. The summed E-state index contributed by atoms with van der Waals surface area (Å²) in [6.45, 7) is 2.11. The molecule has 1 aliphatic rings. The molecule has 0 spiro atoms. The molecule has 0 aromatic heterocycles. The molecule has 1 N–H and O–H groups in total. The molecule has 0 aliphatic heterocycles. The second-order valence-corrected chi connectivity index (χ2v) is 4.42. The maximum atomic E-state index is 10.7. The maximum absolute atomic E-state index is 10.7. The van der Waals surface area contributed by atoms with Gasteiger partial charge in [-0.05, 0) is 31.2 Å². The van der Waals surface area contributed by atoms with E-state index in [4.69, 9.17) is 4.74 Å². The Morgan fingerprint density at radius 3 is 2.73 bits per heavy atom. The van der Waals surface area contributed by atoms with Gasteiger partial charge in [0.15, 0.2) is 0 Å². The topological polar surface area (TPSA) is 29.5 Å². The average molecular weight is 206 g/mol. The Bertz CT molecular complexity index is 348. The van der Waals surface area contributed by atoms with Crippen LogP contribution in [0.4, 0.5) is 0 Å². The van der Waals surface area contributed by atoms with E-state index in [9.17, 15) is 5.11 Å². The van der Waals surface area contributed by atoms with Crippen LogP contribution in [0, 0.1) is 5.92 Å². The number of aliphatic hydroxyl groups is 1. The minimum absolute atomic E-state index is 0.314. The summed E-state index contributed by atoms with van der Waals surface area (Å²) < 4.78 is 5.31. The van der Waals surface area contributed by atoms with Crippen LogP contribution in [0.5, 0.6) is 5.75 Å². The number of rotatable bonds is 2. The third-order valence-corrected chi connectivity index (χ3v) is 3.58. The summed E-state index contributed by atoms with van der Waals surface area (Å²) in [5, 5.41) is 10.7. The van der Waals surface area contributed by atoms with Gasteiger partial charge in [-0.15, -0.1) is 0 Å². The van der Waals surface area contributed by atoms with Gasteiger partial charge in [0.25, 0.3) is 0 Å². The summed E-state index contributed by atoms with van der Waals surface area (Å²) >= 11 is 0. The van der Waals surface area contributed by atoms with Gasteiger partial charge in [0.05, 0.1) is 12.7 Å². The van der Waals surface area contributed by atoms with Gasteiger partial charge in [0.1, 0.15) is 5.75 Å². The van der Waals surface area contributed by atoms with Crippen molar-refractivity contribution in [2.75, 3.05) is 7.11 Å². The Hall–Kier alpha value is -1.02. The molecule has 2 rings (SSSR count). The highest BCUT2D eigenvalue weighted by Crippen LogP contribution is 2.46. The van der Waals surface area contributed by atoms with E-state index in [1.54, 1.807) is 7.11 Å². The molecule has 0 radical (unpaired) electrons. The van der Waals surface area contributed by atoms with Crippen LogP contribution < -0.4 is 4.74 Å². The van der Waals surface area contributed by atoms with Crippen molar-refractivity contribution < 1.29 is 9.84 Å². The highest BCUT2D eigenvalue weighted by Gasteiger charge is 2.41. The molecular weight excluding hydrogens is 188 g/mol. The summed E-state index contributed by atoms with van der Waals surface area (Å²) in [6, 6.07) is 7.78. The number of ether oxygens (including phenoxy) is 1. The van der Waals surface area contributed by atoms with Crippen molar-refractivity contribution >= 4 is 0 Å². The molecule has 0 bridgehead atoms. The monoisotopic (exact) mass is 206 g/mol. The lowest BCUT2D eigenvalue weighted by Crippen LogP contribution is -2.28. The van der Waals surface area contributed by atoms with Gasteiger partial charge in [-0.25, -0.2) is 0 Å². The first-order valence-corrected chi connectivity index (χ1v) is 5.54. The van der Waals surface area contributed by atoms with E-state index in [2.05, 4.69) is 6.92 Å². The molecule has 0 saturated heterocycles.